The molecular weight excluding hydrogens is 176 g/mol. The van der Waals surface area contributed by atoms with Gasteiger partial charge < -0.3 is 14.7 Å². The number of aryl methyl sites for hydroxylation is 1. The van der Waals surface area contributed by atoms with E-state index in [2.05, 4.69) is 0 Å². The van der Waals surface area contributed by atoms with E-state index in [0.29, 0.717) is 0 Å². The fraction of sp³-hybridized carbons (Fsp3) is 0.0909. The Bertz CT molecular complexity index is 619. The zero-order chi connectivity index (χ0) is 9.71. The molecule has 0 bridgehead atoms. The van der Waals surface area contributed by atoms with Gasteiger partial charge in [-0.1, -0.05) is 18.2 Å². The lowest BCUT2D eigenvalue weighted by Crippen LogP contribution is -1.93. The average Bonchev–Trinajstić information content (AvgIpc) is 2.65. The number of benzene rings is 1. The van der Waals surface area contributed by atoms with Gasteiger partial charge in [-0.15, -0.1) is 0 Å². The first-order chi connectivity index (χ1) is 6.77. The molecule has 0 fully saturated rings. The third-order valence-corrected chi connectivity index (χ3v) is 2.57. The van der Waals surface area contributed by atoms with E-state index >= 15 is 0 Å². The molecule has 3 aromatic rings. The molecule has 0 spiro atoms. The van der Waals surface area contributed by atoms with Gasteiger partial charge in [0, 0.05) is 18.6 Å². The summed E-state index contributed by atoms with van der Waals surface area (Å²) in [5, 5.41) is 2.10. The zero-order valence-electron chi connectivity index (χ0n) is 7.82. The maximum absolute atomic E-state index is 5.95. The zero-order valence-corrected chi connectivity index (χ0v) is 7.82. The highest BCUT2D eigenvalue weighted by molar-refractivity contribution is 6.10. The van der Waals surface area contributed by atoms with Gasteiger partial charge in [-0.25, -0.2) is 0 Å². The number of nitrogens with two attached hydrogens (primary N) is 1. The van der Waals surface area contributed by atoms with E-state index in [1.807, 2.05) is 42.1 Å². The molecule has 3 rings (SSSR count). The van der Waals surface area contributed by atoms with Crippen molar-refractivity contribution in [2.45, 2.75) is 0 Å². The first-order valence-electron chi connectivity index (χ1n) is 4.49. The summed E-state index contributed by atoms with van der Waals surface area (Å²) in [4.78, 5) is 0. The molecule has 14 heavy (non-hydrogen) atoms. The topological polar surface area (TPSA) is 44.1 Å². The minimum Gasteiger partial charge on any atom is -0.454 e. The van der Waals surface area contributed by atoms with Gasteiger partial charge >= 0.3 is 0 Å². The molecule has 0 atom stereocenters. The lowest BCUT2D eigenvalue weighted by Gasteiger charge is -1.94. The van der Waals surface area contributed by atoms with Crippen molar-refractivity contribution >= 4 is 27.8 Å². The second-order valence-electron chi connectivity index (χ2n) is 3.46. The molecule has 1 aromatic carbocycles. The SMILES string of the molecule is Cn1cc2oc3ccccc3c2c1N. The van der Waals surface area contributed by atoms with Gasteiger partial charge in [0.1, 0.15) is 11.4 Å². The van der Waals surface area contributed by atoms with E-state index < -0.39 is 0 Å². The van der Waals surface area contributed by atoms with E-state index in [4.69, 9.17) is 10.2 Å². The van der Waals surface area contributed by atoms with Crippen LogP contribution in [0.1, 0.15) is 0 Å². The van der Waals surface area contributed by atoms with Crippen LogP contribution in [0.3, 0.4) is 0 Å². The van der Waals surface area contributed by atoms with Gasteiger partial charge in [-0.2, -0.15) is 0 Å². The van der Waals surface area contributed by atoms with Crippen molar-refractivity contribution in [3.8, 4) is 0 Å². The van der Waals surface area contributed by atoms with E-state index in [9.17, 15) is 0 Å². The summed E-state index contributed by atoms with van der Waals surface area (Å²) < 4.78 is 7.53. The Balaban J connectivity index is 2.62. The van der Waals surface area contributed by atoms with Crippen molar-refractivity contribution in [1.29, 1.82) is 0 Å². The molecular formula is C11H10N2O. The number of aromatic nitrogens is 1. The van der Waals surface area contributed by atoms with Crippen LogP contribution in [0.2, 0.25) is 0 Å². The van der Waals surface area contributed by atoms with Crippen molar-refractivity contribution in [2.24, 2.45) is 7.05 Å². The summed E-state index contributed by atoms with van der Waals surface area (Å²) in [6.45, 7) is 0. The molecule has 0 saturated heterocycles. The van der Waals surface area contributed by atoms with Crippen molar-refractivity contribution < 1.29 is 4.42 Å². The lowest BCUT2D eigenvalue weighted by molar-refractivity contribution is 0.666. The third-order valence-electron chi connectivity index (χ3n) is 2.57. The minimum atomic E-state index is 0.755. The van der Waals surface area contributed by atoms with Crippen LogP contribution in [0.4, 0.5) is 5.82 Å². The normalized spacial score (nSPS) is 11.5. The van der Waals surface area contributed by atoms with Crippen LogP contribution in [0.25, 0.3) is 21.9 Å². The summed E-state index contributed by atoms with van der Waals surface area (Å²) in [6.07, 6.45) is 1.91. The first-order valence-corrected chi connectivity index (χ1v) is 4.49. The van der Waals surface area contributed by atoms with Gasteiger partial charge in [-0.3, -0.25) is 0 Å². The Morgan fingerprint density at radius 1 is 1.21 bits per heavy atom. The Hall–Kier alpha value is -1.90. The maximum atomic E-state index is 5.95. The van der Waals surface area contributed by atoms with Crippen LogP contribution >= 0.6 is 0 Å². The Morgan fingerprint density at radius 2 is 2.00 bits per heavy atom. The summed E-state index contributed by atoms with van der Waals surface area (Å²) in [6, 6.07) is 7.93. The molecule has 2 aromatic heterocycles. The van der Waals surface area contributed by atoms with Gasteiger partial charge in [0.05, 0.1) is 5.39 Å². The summed E-state index contributed by atoms with van der Waals surface area (Å²) in [5.74, 6) is 0.755. The van der Waals surface area contributed by atoms with Crippen molar-refractivity contribution in [3.63, 3.8) is 0 Å². The van der Waals surface area contributed by atoms with E-state index in [0.717, 1.165) is 27.8 Å². The molecule has 0 aliphatic heterocycles. The van der Waals surface area contributed by atoms with Crippen molar-refractivity contribution in [2.75, 3.05) is 5.73 Å². The molecule has 0 radical (unpaired) electrons. The maximum Gasteiger partial charge on any atom is 0.155 e. The van der Waals surface area contributed by atoms with Crippen molar-refractivity contribution in [3.05, 3.63) is 30.5 Å². The largest absolute Gasteiger partial charge is 0.454 e. The third kappa shape index (κ3) is 0.763. The second-order valence-corrected chi connectivity index (χ2v) is 3.46. The highest BCUT2D eigenvalue weighted by Gasteiger charge is 2.11. The van der Waals surface area contributed by atoms with Gasteiger partial charge in [0.2, 0.25) is 0 Å². The van der Waals surface area contributed by atoms with Crippen LogP contribution in [0, 0.1) is 0 Å². The highest BCUT2D eigenvalue weighted by atomic mass is 16.3. The molecule has 0 unspecified atom stereocenters. The molecule has 0 aliphatic rings. The average molecular weight is 186 g/mol. The number of fused-ring (bicyclic) bond motifs is 3. The number of anilines is 1. The molecule has 0 aliphatic carbocycles. The molecule has 0 amide bonds. The first kappa shape index (κ1) is 7.50. The smallest absolute Gasteiger partial charge is 0.155 e. The standard InChI is InChI=1S/C11H10N2O/c1-13-6-9-10(11(13)12)7-4-2-3-5-8(7)14-9/h2-6H,12H2,1H3. The molecule has 2 heterocycles. The lowest BCUT2D eigenvalue weighted by atomic mass is 10.2. The molecule has 70 valence electrons. The fourth-order valence-electron chi connectivity index (χ4n) is 1.84. The monoisotopic (exact) mass is 186 g/mol. The van der Waals surface area contributed by atoms with Crippen LogP contribution in [0.15, 0.2) is 34.9 Å². The highest BCUT2D eigenvalue weighted by Crippen LogP contribution is 2.33. The fourth-order valence-corrected chi connectivity index (χ4v) is 1.84. The summed E-state index contributed by atoms with van der Waals surface area (Å²) in [7, 11) is 1.92. The Kier molecular flexibility index (Phi) is 1.24. The summed E-state index contributed by atoms with van der Waals surface area (Å²) in [5.41, 5.74) is 7.70. The van der Waals surface area contributed by atoms with Crippen molar-refractivity contribution in [1.82, 2.24) is 4.57 Å². The van der Waals surface area contributed by atoms with Gasteiger partial charge in [0.15, 0.2) is 5.58 Å². The predicted octanol–water partition coefficient (Wildman–Crippen LogP) is 2.51. The minimum absolute atomic E-state index is 0.755. The molecule has 3 nitrogen and oxygen atoms in total. The number of hydrogen-bond donors (Lipinski definition) is 1. The van der Waals surface area contributed by atoms with Crippen LogP contribution in [-0.2, 0) is 7.05 Å². The predicted molar refractivity (Wildman–Crippen MR) is 57.1 cm³/mol. The summed E-state index contributed by atoms with van der Waals surface area (Å²) >= 11 is 0. The van der Waals surface area contributed by atoms with E-state index in [1.165, 1.54) is 0 Å². The number of para-hydroxylation sites is 1. The van der Waals surface area contributed by atoms with Crippen LogP contribution in [-0.4, -0.2) is 4.57 Å². The number of furan rings is 1. The molecule has 2 N–H and O–H groups in total. The van der Waals surface area contributed by atoms with Crippen LogP contribution < -0.4 is 5.73 Å². The van der Waals surface area contributed by atoms with Crippen LogP contribution in [0.5, 0.6) is 0 Å². The number of nitrogens with zero attached hydrogens (tertiary/aromatic N) is 1. The van der Waals surface area contributed by atoms with E-state index in [-0.39, 0.29) is 0 Å². The number of hydrogen-bond acceptors (Lipinski definition) is 2. The van der Waals surface area contributed by atoms with Gasteiger partial charge in [0.25, 0.3) is 0 Å². The number of rotatable bonds is 0. The van der Waals surface area contributed by atoms with Gasteiger partial charge in [-0.05, 0) is 6.07 Å². The Labute approximate surface area is 80.7 Å². The quantitative estimate of drug-likeness (QED) is 0.586. The number of nitrogen functional groups attached to an aromatic ring is 1. The second kappa shape index (κ2) is 2.32. The molecule has 0 saturated carbocycles. The molecule has 3 heteroatoms. The van der Waals surface area contributed by atoms with E-state index in [1.54, 1.807) is 0 Å². The Morgan fingerprint density at radius 3 is 2.86 bits per heavy atom.